The molecule has 2 unspecified atom stereocenters. The third-order valence-corrected chi connectivity index (χ3v) is 15.3. The van der Waals surface area contributed by atoms with E-state index in [-0.39, 0.29) is 55.6 Å². The Bertz CT molecular complexity index is 2960. The predicted molar refractivity (Wildman–Crippen MR) is 297 cm³/mol. The van der Waals surface area contributed by atoms with Crippen LogP contribution >= 0.6 is 161 Å². The van der Waals surface area contributed by atoms with Crippen LogP contribution < -0.4 is 9.47 Å². The summed E-state index contributed by atoms with van der Waals surface area (Å²) in [6, 6.07) is 0. The first kappa shape index (κ1) is 55.2. The van der Waals surface area contributed by atoms with Crippen molar-refractivity contribution in [3.63, 3.8) is 0 Å². The van der Waals surface area contributed by atoms with E-state index in [0.717, 1.165) is 94.5 Å². The van der Waals surface area contributed by atoms with E-state index in [4.69, 9.17) is 112 Å². The molecule has 372 valence electrons. The van der Waals surface area contributed by atoms with E-state index in [2.05, 4.69) is 136 Å². The summed E-state index contributed by atoms with van der Waals surface area (Å²) in [4.78, 5) is 40.1. The number of alkyl halides is 2. The van der Waals surface area contributed by atoms with Gasteiger partial charge >= 0.3 is 0 Å². The lowest BCUT2D eigenvalue weighted by molar-refractivity contribution is 0.137. The van der Waals surface area contributed by atoms with Crippen LogP contribution in [0.15, 0.2) is 30.4 Å². The molecule has 0 bridgehead atoms. The van der Waals surface area contributed by atoms with Gasteiger partial charge in [-0.1, -0.05) is 71.3 Å². The molecule has 0 saturated carbocycles. The lowest BCUT2D eigenvalue weighted by atomic mass is 10.1. The Labute approximate surface area is 485 Å². The van der Waals surface area contributed by atoms with E-state index in [9.17, 15) is 8.78 Å². The minimum absolute atomic E-state index is 0.0107. The van der Waals surface area contributed by atoms with Gasteiger partial charge in [0.2, 0.25) is 38.2 Å². The zero-order chi connectivity index (χ0) is 50.5. The molecule has 7 heterocycles. The normalized spacial score (nSPS) is 18.2. The smallest absolute Gasteiger partial charge is 0.264 e. The van der Waals surface area contributed by atoms with E-state index in [1.165, 1.54) is 6.08 Å². The summed E-state index contributed by atoms with van der Waals surface area (Å²) in [5.74, 6) is 0.725. The second-order valence-electron chi connectivity index (χ2n) is 15.3. The van der Waals surface area contributed by atoms with Gasteiger partial charge in [-0.05, 0) is 126 Å². The molecule has 0 N–H and O–H groups in total. The molecule has 2 atom stereocenters. The first-order valence-electron chi connectivity index (χ1n) is 21.0. The molecule has 2 aliphatic heterocycles. The average molecular weight is 1470 g/mol. The Morgan fingerprint density at radius 1 is 0.479 bits per heavy atom. The number of rotatable bonds is 5. The number of hydrogen-bond donors (Lipinski definition) is 0. The average Bonchev–Trinajstić information content (AvgIpc) is 4.17. The van der Waals surface area contributed by atoms with E-state index < -0.39 is 6.43 Å². The summed E-state index contributed by atoms with van der Waals surface area (Å²) in [5.41, 5.74) is 8.14. The summed E-state index contributed by atoms with van der Waals surface area (Å²) in [5, 5.41) is 2.25. The molecule has 0 radical (unpaired) electrons. The molecule has 7 aliphatic rings. The van der Waals surface area contributed by atoms with Crippen molar-refractivity contribution in [3.05, 3.63) is 129 Å². The maximum atomic E-state index is 13.0. The zero-order valence-electron chi connectivity index (χ0n) is 36.0. The van der Waals surface area contributed by atoms with Gasteiger partial charge in [-0.2, -0.15) is 9.97 Å². The maximum absolute atomic E-state index is 13.0. The summed E-state index contributed by atoms with van der Waals surface area (Å²) < 4.78 is 51.3. The SMILES string of the molecule is Clc1nc(Cl)c2c(n1)CC=C2.Clc1nc(Cl)c2c(n1)CC=C2I.Clc1nc(Cl)c2c(n1)CC=C2I.Clc1nc2c(c(OC3CCOC3)n1)C(I)=CC2.FC(F)C1=CCc2nc(Cl)nc(OC3CCOC3)c21. The van der Waals surface area contributed by atoms with Gasteiger partial charge in [-0.3, -0.25) is 0 Å². The number of hydrogen-bond acceptors (Lipinski definition) is 14. The van der Waals surface area contributed by atoms with Crippen LogP contribution in [0.2, 0.25) is 41.9 Å². The van der Waals surface area contributed by atoms with Crippen LogP contribution in [0, 0.1) is 0 Å². The topological polar surface area (TPSA) is 166 Å². The van der Waals surface area contributed by atoms with Gasteiger partial charge in [0, 0.05) is 77.9 Å². The van der Waals surface area contributed by atoms with Crippen molar-refractivity contribution in [2.75, 3.05) is 26.4 Å². The second kappa shape index (κ2) is 25.2. The Morgan fingerprint density at radius 3 is 1.34 bits per heavy atom. The van der Waals surface area contributed by atoms with Crippen LogP contribution in [-0.2, 0) is 41.6 Å². The highest BCUT2D eigenvalue weighted by Crippen LogP contribution is 2.41. The van der Waals surface area contributed by atoms with Gasteiger partial charge in [-0.25, -0.2) is 48.7 Å². The molecule has 0 aromatic carbocycles. The highest BCUT2D eigenvalue weighted by molar-refractivity contribution is 14.1. The number of fused-ring (bicyclic) bond motifs is 5. The van der Waals surface area contributed by atoms with Crippen molar-refractivity contribution in [2.45, 2.75) is 63.6 Å². The van der Waals surface area contributed by atoms with Gasteiger partial charge in [0.25, 0.3) is 6.43 Å². The number of ether oxygens (including phenoxy) is 4. The Morgan fingerprint density at radius 2 is 0.873 bits per heavy atom. The molecule has 0 amide bonds. The molecule has 14 nitrogen and oxygen atoms in total. The van der Waals surface area contributed by atoms with Gasteiger partial charge < -0.3 is 18.9 Å². The molecular weight excluding hydrogens is 1430 g/mol. The summed E-state index contributed by atoms with van der Waals surface area (Å²) in [6.45, 7) is 2.41. The van der Waals surface area contributed by atoms with Crippen molar-refractivity contribution in [1.29, 1.82) is 0 Å². The quantitative estimate of drug-likeness (QED) is 0.0926. The van der Waals surface area contributed by atoms with E-state index in [0.29, 0.717) is 59.7 Å². The van der Waals surface area contributed by atoms with Crippen molar-refractivity contribution < 1.29 is 27.7 Å². The monoisotopic (exact) mass is 1460 g/mol. The van der Waals surface area contributed by atoms with Gasteiger partial charge in [0.1, 0.15) is 27.7 Å². The second-order valence-corrected chi connectivity index (χ2v) is 21.6. The van der Waals surface area contributed by atoms with Crippen LogP contribution in [0.25, 0.3) is 22.4 Å². The zero-order valence-corrected chi connectivity index (χ0v) is 48.5. The third-order valence-electron chi connectivity index (χ3n) is 10.7. The predicted octanol–water partition coefficient (Wildman–Crippen LogP) is 13.7. The van der Waals surface area contributed by atoms with Crippen LogP contribution in [-0.4, -0.2) is 94.9 Å². The van der Waals surface area contributed by atoms with E-state index in [1.54, 1.807) is 0 Å². The lowest BCUT2D eigenvalue weighted by Crippen LogP contribution is -2.18. The van der Waals surface area contributed by atoms with Crippen molar-refractivity contribution in [3.8, 4) is 11.8 Å². The Balaban J connectivity index is 0.000000121. The van der Waals surface area contributed by atoms with Crippen molar-refractivity contribution >= 4 is 183 Å². The van der Waals surface area contributed by atoms with Crippen molar-refractivity contribution in [1.82, 2.24) is 49.8 Å². The summed E-state index contributed by atoms with van der Waals surface area (Å²) in [7, 11) is 0. The van der Waals surface area contributed by atoms with Gasteiger partial charge in [0.05, 0.1) is 66.0 Å². The van der Waals surface area contributed by atoms with E-state index >= 15 is 0 Å². The fourth-order valence-corrected chi connectivity index (χ4v) is 12.1. The minimum atomic E-state index is -2.58. The van der Waals surface area contributed by atoms with E-state index in [1.807, 2.05) is 12.2 Å². The molecule has 12 rings (SSSR count). The molecule has 5 aliphatic carbocycles. The number of aromatic nitrogens is 10. The summed E-state index contributed by atoms with van der Waals surface area (Å²) in [6.07, 6.45) is 14.0. The number of halogens is 13. The molecular formula is C44H31Cl8F2I3N10O4. The van der Waals surface area contributed by atoms with Crippen molar-refractivity contribution in [2.24, 2.45) is 0 Å². The van der Waals surface area contributed by atoms with Crippen LogP contribution in [0.5, 0.6) is 11.8 Å². The number of allylic oxidation sites excluding steroid dienone is 6. The maximum Gasteiger partial charge on any atom is 0.264 e. The standard InChI is InChI=1S/C12H11ClF2N2O2.C11H10ClIN2O2.2C7H3Cl2IN2.C7H4Cl2N2/c13-12-16-8-2-1-7(10(14)15)9(8)11(17-12)19-6-3-4-18-5-6;12-11-14-8-2-1-7(13)9(8)10(15-11)17-6-3-4-16-5-6;2*8-6-5-3(10)1-2-4(5)11-7(9)12-6;8-6-4-2-1-3-5(4)10-7(9)11-6/h1,6,10H,2-5H2;1,6H,2-5H2;2*1H,2H2;1-2H,3H2. The van der Waals surface area contributed by atoms with Crippen LogP contribution in [0.1, 0.15) is 69.1 Å². The fourth-order valence-electron chi connectivity index (χ4n) is 7.54. The fraction of sp³-hybridized carbons (Fsp3) is 0.318. The molecule has 71 heavy (non-hydrogen) atoms. The van der Waals surface area contributed by atoms with Gasteiger partial charge in [0.15, 0.2) is 0 Å². The van der Waals surface area contributed by atoms with Gasteiger partial charge in [-0.15, -0.1) is 0 Å². The molecule has 2 fully saturated rings. The summed E-state index contributed by atoms with van der Waals surface area (Å²) >= 11 is 52.9. The number of nitrogens with zero attached hydrogens (tertiary/aromatic N) is 10. The molecule has 27 heteroatoms. The molecule has 2 saturated heterocycles. The Hall–Kier alpha value is -2.01. The molecule has 5 aromatic rings. The minimum Gasteiger partial charge on any atom is -0.471 e. The Kier molecular flexibility index (Phi) is 19.6. The first-order valence-corrected chi connectivity index (χ1v) is 27.3. The third kappa shape index (κ3) is 13.9. The molecule has 0 spiro atoms. The lowest BCUT2D eigenvalue weighted by Gasteiger charge is -2.15. The highest BCUT2D eigenvalue weighted by atomic mass is 127. The van der Waals surface area contributed by atoms with Crippen LogP contribution in [0.3, 0.4) is 0 Å². The molecule has 5 aromatic heterocycles. The first-order chi connectivity index (χ1) is 34.0. The highest BCUT2D eigenvalue weighted by Gasteiger charge is 2.31. The van der Waals surface area contributed by atoms with Crippen LogP contribution in [0.4, 0.5) is 8.78 Å². The largest absolute Gasteiger partial charge is 0.471 e.